The molecule has 1 aromatic rings. The van der Waals surface area contributed by atoms with E-state index in [2.05, 4.69) is 6.92 Å². The quantitative estimate of drug-likeness (QED) is 0.763. The number of carbonyl (C=O) groups excluding carboxylic acids is 1. The van der Waals surface area contributed by atoms with E-state index >= 15 is 0 Å². The van der Waals surface area contributed by atoms with Gasteiger partial charge in [0.1, 0.15) is 4.21 Å². The number of hydrogen-bond acceptors (Lipinski definition) is 4. The van der Waals surface area contributed by atoms with Crippen LogP contribution in [0, 0.1) is 5.92 Å². The summed E-state index contributed by atoms with van der Waals surface area (Å²) in [6, 6.07) is 3.78. The zero-order valence-electron chi connectivity index (χ0n) is 15.8. The number of hydrogen-bond donors (Lipinski definition) is 0. The van der Waals surface area contributed by atoms with E-state index in [-0.39, 0.29) is 5.91 Å². The van der Waals surface area contributed by atoms with Gasteiger partial charge in [0.2, 0.25) is 5.91 Å². The van der Waals surface area contributed by atoms with Crippen LogP contribution in [0.5, 0.6) is 0 Å². The first kappa shape index (κ1) is 19.8. The second-order valence-electron chi connectivity index (χ2n) is 7.70. The molecule has 146 valence electrons. The molecule has 1 aliphatic heterocycles. The Morgan fingerprint density at radius 3 is 2.54 bits per heavy atom. The maximum atomic E-state index is 12.8. The van der Waals surface area contributed by atoms with Crippen LogP contribution in [0.1, 0.15) is 56.7 Å². The van der Waals surface area contributed by atoms with E-state index in [1.807, 2.05) is 11.9 Å². The Hall–Kier alpha value is -0.920. The van der Waals surface area contributed by atoms with E-state index in [1.165, 1.54) is 30.6 Å². The Morgan fingerprint density at radius 2 is 1.85 bits per heavy atom. The standard InChI is InChI=1S/C19H30N2O3S2/c1-15-8-4-5-9-17(15)20(2)18(22)14-16-10-11-19(25-16)26(23,24)21-12-6-3-7-13-21/h10-11,15,17H,3-9,12-14H2,1-2H3. The Balaban J connectivity index is 1.65. The minimum atomic E-state index is -3.40. The molecule has 2 aliphatic rings. The first-order chi connectivity index (χ1) is 12.4. The summed E-state index contributed by atoms with van der Waals surface area (Å²) in [5.41, 5.74) is 0. The highest BCUT2D eigenvalue weighted by Gasteiger charge is 2.30. The lowest BCUT2D eigenvalue weighted by molar-refractivity contribution is -0.132. The van der Waals surface area contributed by atoms with Crippen molar-refractivity contribution < 1.29 is 13.2 Å². The van der Waals surface area contributed by atoms with Gasteiger partial charge < -0.3 is 4.90 Å². The Bertz CT molecular complexity index is 723. The summed E-state index contributed by atoms with van der Waals surface area (Å²) in [7, 11) is -1.50. The fourth-order valence-corrected chi connectivity index (χ4v) is 7.17. The van der Waals surface area contributed by atoms with Crippen LogP contribution in [-0.4, -0.2) is 49.7 Å². The number of rotatable bonds is 5. The third-order valence-corrected chi connectivity index (χ3v) is 9.28. The van der Waals surface area contributed by atoms with Crippen LogP contribution in [0.2, 0.25) is 0 Å². The van der Waals surface area contributed by atoms with E-state index in [0.29, 0.717) is 35.7 Å². The van der Waals surface area contributed by atoms with Crippen LogP contribution >= 0.6 is 11.3 Å². The smallest absolute Gasteiger partial charge is 0.252 e. The normalized spacial score (nSPS) is 25.2. The summed E-state index contributed by atoms with van der Waals surface area (Å²) < 4.78 is 27.5. The number of amides is 1. The van der Waals surface area contributed by atoms with Crippen molar-refractivity contribution in [3.05, 3.63) is 17.0 Å². The molecule has 2 atom stereocenters. The summed E-state index contributed by atoms with van der Waals surface area (Å²) in [5.74, 6) is 0.628. The van der Waals surface area contributed by atoms with Crippen molar-refractivity contribution in [1.82, 2.24) is 9.21 Å². The molecule has 26 heavy (non-hydrogen) atoms. The van der Waals surface area contributed by atoms with Crippen LogP contribution in [-0.2, 0) is 21.2 Å². The number of carbonyl (C=O) groups is 1. The van der Waals surface area contributed by atoms with E-state index in [4.69, 9.17) is 0 Å². The zero-order valence-corrected chi connectivity index (χ0v) is 17.4. The van der Waals surface area contributed by atoms with Crippen molar-refractivity contribution in [2.24, 2.45) is 5.92 Å². The summed E-state index contributed by atoms with van der Waals surface area (Å²) in [5, 5.41) is 0. The molecule has 0 spiro atoms. The van der Waals surface area contributed by atoms with Crippen LogP contribution in [0.3, 0.4) is 0 Å². The molecule has 5 nitrogen and oxygen atoms in total. The van der Waals surface area contributed by atoms with Gasteiger partial charge in [-0.15, -0.1) is 11.3 Å². The Labute approximate surface area is 161 Å². The summed E-state index contributed by atoms with van der Waals surface area (Å²) in [4.78, 5) is 15.4. The molecular formula is C19H30N2O3S2. The van der Waals surface area contributed by atoms with Crippen molar-refractivity contribution >= 4 is 27.3 Å². The van der Waals surface area contributed by atoms with Gasteiger partial charge in [-0.2, -0.15) is 4.31 Å². The molecule has 2 unspecified atom stereocenters. The van der Waals surface area contributed by atoms with Gasteiger partial charge in [-0.3, -0.25) is 4.79 Å². The lowest BCUT2D eigenvalue weighted by Gasteiger charge is -2.36. The molecule has 7 heteroatoms. The highest BCUT2D eigenvalue weighted by molar-refractivity contribution is 7.91. The van der Waals surface area contributed by atoms with Crippen molar-refractivity contribution in [1.29, 1.82) is 0 Å². The van der Waals surface area contributed by atoms with Gasteiger partial charge in [0, 0.05) is 31.1 Å². The first-order valence-corrected chi connectivity index (χ1v) is 12.0. The van der Waals surface area contributed by atoms with E-state index in [9.17, 15) is 13.2 Å². The first-order valence-electron chi connectivity index (χ1n) is 9.74. The van der Waals surface area contributed by atoms with Gasteiger partial charge in [0.15, 0.2) is 0 Å². The lowest BCUT2D eigenvalue weighted by Crippen LogP contribution is -2.43. The minimum absolute atomic E-state index is 0.0903. The summed E-state index contributed by atoms with van der Waals surface area (Å²) >= 11 is 1.25. The monoisotopic (exact) mass is 398 g/mol. The SMILES string of the molecule is CC1CCCCC1N(C)C(=O)Cc1ccc(S(=O)(=O)N2CCCCC2)s1. The van der Waals surface area contributed by atoms with Crippen LogP contribution in [0.25, 0.3) is 0 Å². The van der Waals surface area contributed by atoms with Crippen LogP contribution in [0.15, 0.2) is 16.3 Å². The molecular weight excluding hydrogens is 368 g/mol. The van der Waals surface area contributed by atoms with E-state index < -0.39 is 10.0 Å². The molecule has 1 aliphatic carbocycles. The number of likely N-dealkylation sites (N-methyl/N-ethyl adjacent to an activating group) is 1. The van der Waals surface area contributed by atoms with E-state index in [1.54, 1.807) is 16.4 Å². The van der Waals surface area contributed by atoms with Crippen LogP contribution < -0.4 is 0 Å². The largest absolute Gasteiger partial charge is 0.342 e. The van der Waals surface area contributed by atoms with Gasteiger partial charge in [0.25, 0.3) is 10.0 Å². The Kier molecular flexibility index (Phi) is 6.41. The second kappa shape index (κ2) is 8.40. The molecule has 0 aromatic carbocycles. The third kappa shape index (κ3) is 4.31. The fraction of sp³-hybridized carbons (Fsp3) is 0.737. The molecule has 1 saturated carbocycles. The van der Waals surface area contributed by atoms with Gasteiger partial charge in [-0.1, -0.05) is 26.2 Å². The van der Waals surface area contributed by atoms with Gasteiger partial charge >= 0.3 is 0 Å². The molecule has 3 rings (SSSR count). The summed E-state index contributed by atoms with van der Waals surface area (Å²) in [6.45, 7) is 3.44. The zero-order chi connectivity index (χ0) is 18.7. The molecule has 0 radical (unpaired) electrons. The molecule has 2 fully saturated rings. The number of piperidine rings is 1. The highest BCUT2D eigenvalue weighted by Crippen LogP contribution is 2.30. The second-order valence-corrected chi connectivity index (χ2v) is 11.0. The average Bonchev–Trinajstić information content (AvgIpc) is 3.11. The Morgan fingerprint density at radius 1 is 1.15 bits per heavy atom. The van der Waals surface area contributed by atoms with E-state index in [0.717, 1.165) is 30.6 Å². The summed E-state index contributed by atoms with van der Waals surface area (Å²) in [6.07, 6.45) is 7.94. The fourth-order valence-electron chi connectivity index (χ4n) is 4.16. The van der Waals surface area contributed by atoms with Crippen molar-refractivity contribution in [2.75, 3.05) is 20.1 Å². The van der Waals surface area contributed by atoms with Crippen molar-refractivity contribution in [2.45, 2.75) is 68.5 Å². The minimum Gasteiger partial charge on any atom is -0.342 e. The predicted octanol–water partition coefficient (Wildman–Crippen LogP) is 3.50. The van der Waals surface area contributed by atoms with Crippen molar-refractivity contribution in [3.63, 3.8) is 0 Å². The number of nitrogens with zero attached hydrogens (tertiary/aromatic N) is 2. The van der Waals surface area contributed by atoms with Crippen molar-refractivity contribution in [3.8, 4) is 0 Å². The van der Waals surface area contributed by atoms with Gasteiger partial charge in [-0.25, -0.2) is 8.42 Å². The molecule has 0 bridgehead atoms. The molecule has 1 saturated heterocycles. The van der Waals surface area contributed by atoms with Gasteiger partial charge in [-0.05, 0) is 43.7 Å². The van der Waals surface area contributed by atoms with Gasteiger partial charge in [0.05, 0.1) is 6.42 Å². The molecule has 1 aromatic heterocycles. The highest BCUT2D eigenvalue weighted by atomic mass is 32.2. The molecule has 0 N–H and O–H groups in total. The molecule has 1 amide bonds. The third-order valence-electron chi connectivity index (χ3n) is 5.83. The lowest BCUT2D eigenvalue weighted by atomic mass is 9.85. The van der Waals surface area contributed by atoms with Crippen LogP contribution in [0.4, 0.5) is 0 Å². The predicted molar refractivity (Wildman–Crippen MR) is 105 cm³/mol. The average molecular weight is 399 g/mol. The topological polar surface area (TPSA) is 57.7 Å². The maximum absolute atomic E-state index is 12.8. The maximum Gasteiger partial charge on any atom is 0.252 e. The number of sulfonamides is 1. The number of thiophene rings is 1. The molecule has 2 heterocycles.